The van der Waals surface area contributed by atoms with Gasteiger partial charge in [-0.05, 0) is 24.7 Å². The Labute approximate surface area is 124 Å². The summed E-state index contributed by atoms with van der Waals surface area (Å²) >= 11 is 0. The van der Waals surface area contributed by atoms with E-state index in [1.165, 1.54) is 37.9 Å². The topological polar surface area (TPSA) is 91.8 Å². The second-order valence-electron chi connectivity index (χ2n) is 5.81. The predicted octanol–water partition coefficient (Wildman–Crippen LogP) is 3.49. The Kier molecular flexibility index (Phi) is 5.09. The summed E-state index contributed by atoms with van der Waals surface area (Å²) in [4.78, 5) is 14.5. The molecule has 0 saturated heterocycles. The fourth-order valence-electron chi connectivity index (χ4n) is 3.01. The highest BCUT2D eigenvalue weighted by molar-refractivity contribution is 5.58. The quantitative estimate of drug-likeness (QED) is 0.661. The van der Waals surface area contributed by atoms with Gasteiger partial charge in [-0.3, -0.25) is 10.1 Å². The van der Waals surface area contributed by atoms with Crippen LogP contribution in [0.2, 0.25) is 0 Å². The van der Waals surface area contributed by atoms with E-state index >= 15 is 0 Å². The molecule has 1 aliphatic carbocycles. The zero-order chi connectivity index (χ0) is 15.2. The van der Waals surface area contributed by atoms with Crippen LogP contribution < -0.4 is 5.32 Å². The molecule has 112 valence electrons. The van der Waals surface area contributed by atoms with E-state index < -0.39 is 4.92 Å². The van der Waals surface area contributed by atoms with Crippen LogP contribution in [0.1, 0.15) is 44.6 Å². The van der Waals surface area contributed by atoms with Crippen molar-refractivity contribution in [1.82, 2.24) is 4.98 Å². The minimum Gasteiger partial charge on any atom is -0.364 e. The van der Waals surface area contributed by atoms with Gasteiger partial charge in [-0.25, -0.2) is 4.98 Å². The van der Waals surface area contributed by atoms with E-state index in [1.807, 2.05) is 6.07 Å². The van der Waals surface area contributed by atoms with Gasteiger partial charge in [-0.15, -0.1) is 0 Å². The van der Waals surface area contributed by atoms with E-state index in [-0.39, 0.29) is 17.1 Å². The Morgan fingerprint density at radius 1 is 1.57 bits per heavy atom. The lowest BCUT2D eigenvalue weighted by atomic mass is 9.81. The molecule has 21 heavy (non-hydrogen) atoms. The van der Waals surface area contributed by atoms with Crippen LogP contribution in [0.25, 0.3) is 0 Å². The molecule has 2 unspecified atom stereocenters. The highest BCUT2D eigenvalue weighted by Gasteiger charge is 2.20. The van der Waals surface area contributed by atoms with Gasteiger partial charge in [0, 0.05) is 18.8 Å². The summed E-state index contributed by atoms with van der Waals surface area (Å²) in [6.45, 7) is 2.96. The van der Waals surface area contributed by atoms with Crippen LogP contribution in [0.3, 0.4) is 0 Å². The summed E-state index contributed by atoms with van der Waals surface area (Å²) in [5, 5.41) is 22.8. The highest BCUT2D eigenvalue weighted by atomic mass is 16.6. The summed E-state index contributed by atoms with van der Waals surface area (Å²) in [6.07, 6.45) is 7.44. The molecular formula is C15H20N4O2. The van der Waals surface area contributed by atoms with Crippen molar-refractivity contribution < 1.29 is 4.92 Å². The number of hydrogen-bond donors (Lipinski definition) is 1. The number of hydrogen-bond acceptors (Lipinski definition) is 5. The molecule has 1 aromatic rings. The van der Waals surface area contributed by atoms with E-state index in [0.717, 1.165) is 12.3 Å². The molecule has 1 saturated carbocycles. The van der Waals surface area contributed by atoms with Gasteiger partial charge >= 0.3 is 5.69 Å². The number of pyridine rings is 1. The van der Waals surface area contributed by atoms with Gasteiger partial charge in [-0.2, -0.15) is 5.26 Å². The molecule has 1 N–H and O–H groups in total. The van der Waals surface area contributed by atoms with E-state index in [9.17, 15) is 10.1 Å². The third kappa shape index (κ3) is 4.15. The number of aromatic nitrogens is 1. The Balaban J connectivity index is 1.93. The molecule has 6 nitrogen and oxygen atoms in total. The van der Waals surface area contributed by atoms with Crippen molar-refractivity contribution in [3.63, 3.8) is 0 Å². The van der Waals surface area contributed by atoms with Gasteiger partial charge in [0.05, 0.1) is 10.5 Å². The lowest BCUT2D eigenvalue weighted by Gasteiger charge is -2.26. The first-order valence-electron chi connectivity index (χ1n) is 7.38. The lowest BCUT2D eigenvalue weighted by Crippen LogP contribution is -2.17. The lowest BCUT2D eigenvalue weighted by molar-refractivity contribution is -0.384. The minimum absolute atomic E-state index is 0.133. The molecule has 1 fully saturated rings. The highest BCUT2D eigenvalue weighted by Crippen LogP contribution is 2.31. The number of anilines is 1. The van der Waals surface area contributed by atoms with E-state index in [0.29, 0.717) is 12.5 Å². The maximum absolute atomic E-state index is 11.0. The molecule has 1 heterocycles. The minimum atomic E-state index is -0.501. The molecular weight excluding hydrogens is 268 g/mol. The summed E-state index contributed by atoms with van der Waals surface area (Å²) in [7, 11) is 0. The van der Waals surface area contributed by atoms with Gasteiger partial charge < -0.3 is 5.32 Å². The SMILES string of the molecule is CC1CCCC(CCNc2ncc(C#N)cc2[N+](=O)[O-])C1. The molecule has 0 amide bonds. The standard InChI is InChI=1S/C15H20N4O2/c1-11-3-2-4-12(7-11)5-6-17-15-14(19(20)21)8-13(9-16)10-18-15/h8,10-12H,2-7H2,1H3,(H,17,18). The van der Waals surface area contributed by atoms with Gasteiger partial charge in [0.25, 0.3) is 0 Å². The van der Waals surface area contributed by atoms with Crippen molar-refractivity contribution in [3.8, 4) is 6.07 Å². The summed E-state index contributed by atoms with van der Waals surface area (Å²) < 4.78 is 0. The molecule has 2 rings (SSSR count). The van der Waals surface area contributed by atoms with Crippen molar-refractivity contribution >= 4 is 11.5 Å². The number of nitriles is 1. The summed E-state index contributed by atoms with van der Waals surface area (Å²) in [5.41, 5.74) is 0.0689. The van der Waals surface area contributed by atoms with Crippen LogP contribution in [0.5, 0.6) is 0 Å². The monoisotopic (exact) mass is 288 g/mol. The van der Waals surface area contributed by atoms with Crippen molar-refractivity contribution in [1.29, 1.82) is 5.26 Å². The number of rotatable bonds is 5. The number of nitrogens with one attached hydrogen (secondary N) is 1. The van der Waals surface area contributed by atoms with Crippen LogP contribution in [-0.2, 0) is 0 Å². The predicted molar refractivity (Wildman–Crippen MR) is 79.8 cm³/mol. The summed E-state index contributed by atoms with van der Waals surface area (Å²) in [6, 6.07) is 3.13. The van der Waals surface area contributed by atoms with Crippen molar-refractivity contribution in [3.05, 3.63) is 27.9 Å². The molecule has 2 atom stereocenters. The Morgan fingerprint density at radius 2 is 2.38 bits per heavy atom. The van der Waals surface area contributed by atoms with Crippen LogP contribution in [0, 0.1) is 33.3 Å². The van der Waals surface area contributed by atoms with E-state index in [2.05, 4.69) is 17.2 Å². The molecule has 6 heteroatoms. The molecule has 1 aliphatic rings. The largest absolute Gasteiger partial charge is 0.364 e. The Hall–Kier alpha value is -2.16. The van der Waals surface area contributed by atoms with Crippen molar-refractivity contribution in [2.45, 2.75) is 39.0 Å². The maximum atomic E-state index is 11.0. The average Bonchev–Trinajstić information content (AvgIpc) is 2.47. The fourth-order valence-corrected chi connectivity index (χ4v) is 3.01. The van der Waals surface area contributed by atoms with Gasteiger partial charge in [0.2, 0.25) is 5.82 Å². The normalized spacial score (nSPS) is 21.5. The molecule has 0 bridgehead atoms. The third-order valence-corrected chi connectivity index (χ3v) is 4.08. The van der Waals surface area contributed by atoms with E-state index in [4.69, 9.17) is 5.26 Å². The van der Waals surface area contributed by atoms with Gasteiger partial charge in [0.1, 0.15) is 6.07 Å². The molecule has 0 aliphatic heterocycles. The molecule has 0 spiro atoms. The Morgan fingerprint density at radius 3 is 3.05 bits per heavy atom. The van der Waals surface area contributed by atoms with Gasteiger partial charge in [-0.1, -0.05) is 26.2 Å². The van der Waals surface area contributed by atoms with Crippen molar-refractivity contribution in [2.24, 2.45) is 11.8 Å². The number of nitrogens with zero attached hydrogens (tertiary/aromatic N) is 3. The molecule has 0 aromatic carbocycles. The second kappa shape index (κ2) is 7.02. The second-order valence-corrected chi connectivity index (χ2v) is 5.81. The van der Waals surface area contributed by atoms with Gasteiger partial charge in [0.15, 0.2) is 0 Å². The smallest absolute Gasteiger partial charge is 0.312 e. The maximum Gasteiger partial charge on any atom is 0.312 e. The summed E-state index contributed by atoms with van der Waals surface area (Å²) in [5.74, 6) is 1.73. The number of nitro groups is 1. The zero-order valence-corrected chi connectivity index (χ0v) is 12.2. The average molecular weight is 288 g/mol. The first-order valence-corrected chi connectivity index (χ1v) is 7.38. The Bertz CT molecular complexity index is 553. The van der Waals surface area contributed by atoms with E-state index in [1.54, 1.807) is 0 Å². The van der Waals surface area contributed by atoms with Crippen LogP contribution in [0.15, 0.2) is 12.3 Å². The van der Waals surface area contributed by atoms with Crippen molar-refractivity contribution in [2.75, 3.05) is 11.9 Å². The first kappa shape index (κ1) is 15.2. The first-order chi connectivity index (χ1) is 10.1. The molecule has 0 radical (unpaired) electrons. The van der Waals surface area contributed by atoms with Crippen LogP contribution in [-0.4, -0.2) is 16.5 Å². The zero-order valence-electron chi connectivity index (χ0n) is 12.2. The fraction of sp³-hybridized carbons (Fsp3) is 0.600. The molecule has 1 aromatic heterocycles. The van der Waals surface area contributed by atoms with Crippen LogP contribution >= 0.6 is 0 Å². The third-order valence-electron chi connectivity index (χ3n) is 4.08. The van der Waals surface area contributed by atoms with Crippen LogP contribution in [0.4, 0.5) is 11.5 Å².